The van der Waals surface area contributed by atoms with Crippen LogP contribution in [0.25, 0.3) is 22.2 Å². The molecule has 132 valence electrons. The van der Waals surface area contributed by atoms with Crippen LogP contribution in [0.4, 0.5) is 17.5 Å². The van der Waals surface area contributed by atoms with E-state index in [1.54, 1.807) is 0 Å². The number of fused-ring (bicyclic) bond motifs is 1. The monoisotopic (exact) mass is 347 g/mol. The van der Waals surface area contributed by atoms with Crippen molar-refractivity contribution in [2.45, 2.75) is 13.8 Å². The summed E-state index contributed by atoms with van der Waals surface area (Å²) >= 11 is 0. The van der Waals surface area contributed by atoms with Gasteiger partial charge in [0, 0.05) is 49.2 Å². The first-order valence-corrected chi connectivity index (χ1v) is 8.46. The van der Waals surface area contributed by atoms with Gasteiger partial charge in [-0.1, -0.05) is 12.1 Å². The van der Waals surface area contributed by atoms with Gasteiger partial charge >= 0.3 is 0 Å². The molecule has 1 aromatic carbocycles. The van der Waals surface area contributed by atoms with E-state index in [4.69, 9.17) is 4.98 Å². The molecule has 4 rings (SSSR count). The van der Waals surface area contributed by atoms with Gasteiger partial charge in [0.15, 0.2) is 5.82 Å². The largest absolute Gasteiger partial charge is 0.386 e. The number of hydrogen-bond donors (Lipinski definition) is 3. The molecule has 3 aromatic heterocycles. The van der Waals surface area contributed by atoms with Crippen molar-refractivity contribution in [3.63, 3.8) is 0 Å². The first kappa shape index (κ1) is 16.1. The van der Waals surface area contributed by atoms with Crippen LogP contribution < -0.4 is 10.6 Å². The third kappa shape index (κ3) is 2.67. The van der Waals surface area contributed by atoms with Crippen molar-refractivity contribution < 1.29 is 0 Å². The molecule has 7 nitrogen and oxygen atoms in total. The van der Waals surface area contributed by atoms with Crippen molar-refractivity contribution in [1.29, 1.82) is 0 Å². The van der Waals surface area contributed by atoms with Crippen LogP contribution in [0.5, 0.6) is 0 Å². The van der Waals surface area contributed by atoms with Crippen molar-refractivity contribution in [2.24, 2.45) is 7.05 Å². The minimum absolute atomic E-state index is 0.530. The predicted molar refractivity (Wildman–Crippen MR) is 105 cm³/mol. The lowest BCUT2D eigenvalue weighted by Crippen LogP contribution is -2.01. The topological polar surface area (TPSA) is 83.4 Å². The normalized spacial score (nSPS) is 11.1. The molecule has 0 fully saturated rings. The van der Waals surface area contributed by atoms with Gasteiger partial charge in [0.2, 0.25) is 5.95 Å². The maximum Gasteiger partial charge on any atom is 0.228 e. The Hall–Kier alpha value is -3.35. The Morgan fingerprint density at radius 1 is 1.19 bits per heavy atom. The summed E-state index contributed by atoms with van der Waals surface area (Å²) < 4.78 is 1.82. The van der Waals surface area contributed by atoms with Gasteiger partial charge in [-0.15, -0.1) is 0 Å². The second kappa shape index (κ2) is 6.18. The van der Waals surface area contributed by atoms with Crippen LogP contribution in [0.15, 0.2) is 36.7 Å². The highest BCUT2D eigenvalue weighted by molar-refractivity contribution is 6.01. The average molecular weight is 347 g/mol. The first-order chi connectivity index (χ1) is 12.6. The number of para-hydroxylation sites is 1. The van der Waals surface area contributed by atoms with Crippen molar-refractivity contribution in [3.05, 3.63) is 47.9 Å². The Morgan fingerprint density at radius 3 is 2.77 bits per heavy atom. The molecule has 7 heteroatoms. The van der Waals surface area contributed by atoms with Gasteiger partial charge in [-0.25, -0.2) is 9.97 Å². The van der Waals surface area contributed by atoms with E-state index in [1.807, 2.05) is 63.2 Å². The zero-order valence-corrected chi connectivity index (χ0v) is 15.3. The molecule has 0 saturated carbocycles. The number of aromatic nitrogens is 5. The van der Waals surface area contributed by atoms with Crippen LogP contribution in [0.3, 0.4) is 0 Å². The van der Waals surface area contributed by atoms with Crippen LogP contribution in [-0.2, 0) is 7.05 Å². The summed E-state index contributed by atoms with van der Waals surface area (Å²) in [6.45, 7) is 4.02. The zero-order chi connectivity index (χ0) is 18.3. The zero-order valence-electron chi connectivity index (χ0n) is 15.3. The van der Waals surface area contributed by atoms with Gasteiger partial charge in [-0.3, -0.25) is 4.68 Å². The summed E-state index contributed by atoms with van der Waals surface area (Å²) in [5.74, 6) is 1.26. The first-order valence-electron chi connectivity index (χ1n) is 8.46. The Bertz CT molecular complexity index is 1070. The Balaban J connectivity index is 1.77. The van der Waals surface area contributed by atoms with Crippen LogP contribution in [0.1, 0.15) is 11.3 Å². The van der Waals surface area contributed by atoms with E-state index in [-0.39, 0.29) is 0 Å². The van der Waals surface area contributed by atoms with E-state index < -0.39 is 0 Å². The smallest absolute Gasteiger partial charge is 0.228 e. The van der Waals surface area contributed by atoms with Crippen LogP contribution in [0, 0.1) is 13.8 Å². The van der Waals surface area contributed by atoms with E-state index in [9.17, 15) is 0 Å². The predicted octanol–water partition coefficient (Wildman–Crippen LogP) is 3.76. The number of benzene rings is 1. The van der Waals surface area contributed by atoms with Crippen molar-refractivity contribution in [2.75, 3.05) is 17.7 Å². The lowest BCUT2D eigenvalue weighted by molar-refractivity contribution is 0.742. The van der Waals surface area contributed by atoms with Crippen LogP contribution in [-0.4, -0.2) is 31.8 Å². The van der Waals surface area contributed by atoms with E-state index in [2.05, 4.69) is 31.8 Å². The highest BCUT2D eigenvalue weighted by Gasteiger charge is 2.14. The fourth-order valence-electron chi connectivity index (χ4n) is 3.07. The van der Waals surface area contributed by atoms with E-state index in [0.717, 1.165) is 44.9 Å². The summed E-state index contributed by atoms with van der Waals surface area (Å²) in [7, 11) is 3.83. The number of aromatic amines is 1. The molecule has 3 heterocycles. The lowest BCUT2D eigenvalue weighted by atomic mass is 10.1. The van der Waals surface area contributed by atoms with Gasteiger partial charge < -0.3 is 15.6 Å². The van der Waals surface area contributed by atoms with Crippen molar-refractivity contribution in [1.82, 2.24) is 24.7 Å². The molecule has 0 amide bonds. The maximum atomic E-state index is 4.74. The number of nitrogens with zero attached hydrogens (tertiary/aromatic N) is 4. The highest BCUT2D eigenvalue weighted by Crippen LogP contribution is 2.33. The number of hydrogen-bond acceptors (Lipinski definition) is 5. The summed E-state index contributed by atoms with van der Waals surface area (Å²) in [5, 5.41) is 11.9. The third-order valence-corrected chi connectivity index (χ3v) is 4.57. The Morgan fingerprint density at radius 2 is 2.04 bits per heavy atom. The summed E-state index contributed by atoms with van der Waals surface area (Å²) in [6, 6.07) is 8.15. The van der Waals surface area contributed by atoms with E-state index in [1.165, 1.54) is 0 Å². The minimum atomic E-state index is 0.530. The molecule has 0 bridgehead atoms. The highest BCUT2D eigenvalue weighted by atomic mass is 15.3. The molecule has 0 aliphatic heterocycles. The Labute approximate surface area is 151 Å². The number of rotatable bonds is 4. The molecule has 0 aliphatic rings. The van der Waals surface area contributed by atoms with Gasteiger partial charge in [0.1, 0.15) is 0 Å². The van der Waals surface area contributed by atoms with Gasteiger partial charge in [0.05, 0.1) is 16.9 Å². The Kier molecular flexibility index (Phi) is 3.84. The molecule has 0 spiro atoms. The van der Waals surface area contributed by atoms with Gasteiger partial charge in [0.25, 0.3) is 0 Å². The summed E-state index contributed by atoms with van der Waals surface area (Å²) in [4.78, 5) is 12.5. The molecular formula is C19H21N7. The van der Waals surface area contributed by atoms with Crippen molar-refractivity contribution >= 4 is 28.4 Å². The summed E-state index contributed by atoms with van der Waals surface area (Å²) in [6.07, 6.45) is 3.83. The maximum absolute atomic E-state index is 4.74. The number of H-pyrrole nitrogens is 1. The number of aryl methyl sites for hydroxylation is 3. The van der Waals surface area contributed by atoms with Crippen molar-refractivity contribution in [3.8, 4) is 11.3 Å². The van der Waals surface area contributed by atoms with Crippen LogP contribution >= 0.6 is 0 Å². The SMILES string of the molecule is CNc1cccc2c(-c3nc(Nc4cc(C)n(C)n4)ncc3C)c[nH]c12. The van der Waals surface area contributed by atoms with E-state index in [0.29, 0.717) is 5.95 Å². The third-order valence-electron chi connectivity index (χ3n) is 4.57. The fraction of sp³-hybridized carbons (Fsp3) is 0.211. The number of anilines is 3. The fourth-order valence-corrected chi connectivity index (χ4v) is 3.07. The summed E-state index contributed by atoms with van der Waals surface area (Å²) in [5.41, 5.74) is 6.16. The number of nitrogens with one attached hydrogen (secondary N) is 3. The molecule has 26 heavy (non-hydrogen) atoms. The molecule has 0 atom stereocenters. The molecule has 0 radical (unpaired) electrons. The molecule has 3 N–H and O–H groups in total. The quantitative estimate of drug-likeness (QED) is 0.523. The molecule has 4 aromatic rings. The van der Waals surface area contributed by atoms with Gasteiger partial charge in [-0.2, -0.15) is 5.10 Å². The lowest BCUT2D eigenvalue weighted by Gasteiger charge is -2.08. The average Bonchev–Trinajstić information content (AvgIpc) is 3.19. The van der Waals surface area contributed by atoms with Gasteiger partial charge in [-0.05, 0) is 25.5 Å². The molecule has 0 saturated heterocycles. The second-order valence-electron chi connectivity index (χ2n) is 6.33. The second-order valence-corrected chi connectivity index (χ2v) is 6.33. The standard InChI is InChI=1S/C19H21N7/c1-11-9-22-19(23-16-8-12(2)26(4)25-16)24-17(11)14-10-21-18-13(14)6-5-7-15(18)20-3/h5-10,20-21H,1-4H3,(H,22,23,24,25). The minimum Gasteiger partial charge on any atom is -0.386 e. The van der Waals surface area contributed by atoms with E-state index >= 15 is 0 Å². The molecule has 0 aliphatic carbocycles. The molecular weight excluding hydrogens is 326 g/mol. The molecule has 0 unspecified atom stereocenters. The van der Waals surface area contributed by atoms with Crippen LogP contribution in [0.2, 0.25) is 0 Å².